The first-order chi connectivity index (χ1) is 23.7. The predicted molar refractivity (Wildman–Crippen MR) is 191 cm³/mol. The van der Waals surface area contributed by atoms with Gasteiger partial charge < -0.3 is 30.2 Å². The van der Waals surface area contributed by atoms with Crippen molar-refractivity contribution in [3.05, 3.63) is 113 Å². The first-order valence-corrected chi connectivity index (χ1v) is 16.5. The lowest BCUT2D eigenvalue weighted by molar-refractivity contribution is -0.158. The number of ether oxygens (including phenoxy) is 3. The number of carbonyl (C=O) groups is 3. The van der Waals surface area contributed by atoms with Gasteiger partial charge in [-0.15, -0.1) is 0 Å². The topological polar surface area (TPSA) is 115 Å². The maximum absolute atomic E-state index is 14.6. The molecule has 0 bridgehead atoms. The Labute approximate surface area is 315 Å². The fourth-order valence-electron chi connectivity index (χ4n) is 4.47. The molecule has 9 nitrogen and oxygen atoms in total. The molecule has 0 aromatic heterocycles. The average molecular weight is 810 g/mol. The highest BCUT2D eigenvalue weighted by Crippen LogP contribution is 2.37. The first kappa shape index (κ1) is 39.1. The van der Waals surface area contributed by atoms with E-state index in [2.05, 4.69) is 16.0 Å². The van der Waals surface area contributed by atoms with Gasteiger partial charge in [-0.25, -0.2) is 13.6 Å². The summed E-state index contributed by atoms with van der Waals surface area (Å²) < 4.78 is 45.3. The summed E-state index contributed by atoms with van der Waals surface area (Å²) in [5, 5.41) is 8.15. The zero-order chi connectivity index (χ0) is 36.7. The molecule has 0 fully saturated rings. The van der Waals surface area contributed by atoms with Gasteiger partial charge in [0.25, 0.3) is 5.91 Å². The minimum Gasteiger partial charge on any atom is -0.486 e. The summed E-state index contributed by atoms with van der Waals surface area (Å²) in [5.41, 5.74) is 0.878. The van der Waals surface area contributed by atoms with Crippen LogP contribution < -0.4 is 25.4 Å². The van der Waals surface area contributed by atoms with E-state index in [1.54, 1.807) is 7.05 Å². The highest BCUT2D eigenvalue weighted by Gasteiger charge is 2.20. The van der Waals surface area contributed by atoms with E-state index >= 15 is 0 Å². The number of anilines is 2. The third kappa shape index (κ3) is 9.96. The molecule has 0 heterocycles. The van der Waals surface area contributed by atoms with Crippen LogP contribution in [-0.2, 0) is 34.0 Å². The van der Waals surface area contributed by atoms with Crippen molar-refractivity contribution in [1.82, 2.24) is 5.32 Å². The quantitative estimate of drug-likeness (QED) is 0.0906. The molecule has 0 aliphatic carbocycles. The number of carbonyl (C=O) groups excluding carboxylic acids is 3. The SMILES string of the molecule is CNc1cc(Cl)cc(COc2c(Cl)cc(CC(=O)OC(=O)CNC(=O)c3cc(Cl)c(OCc4cc(Cl)cc(NC)c4F)c(Cl)c3)cc2Cl)c1F. The lowest BCUT2D eigenvalue weighted by atomic mass is 10.1. The molecule has 4 aromatic carbocycles. The Morgan fingerprint density at radius 3 is 1.52 bits per heavy atom. The van der Waals surface area contributed by atoms with E-state index in [0.29, 0.717) is 0 Å². The van der Waals surface area contributed by atoms with E-state index in [-0.39, 0.29) is 88.5 Å². The highest BCUT2D eigenvalue weighted by molar-refractivity contribution is 6.38. The van der Waals surface area contributed by atoms with Crippen molar-refractivity contribution in [2.75, 3.05) is 31.3 Å². The predicted octanol–water partition coefficient (Wildman–Crippen LogP) is 9.17. The standard InChI is InChI=1S/C33H25Cl6F2N3O6/c1-42-25-10-19(34)6-17(29(25)40)13-48-31-21(36)3-15(4-22(31)37)5-27(45)50-28(46)12-44-33(47)16-8-23(38)32(24(39)9-16)49-14-18-7-20(35)11-26(43-2)30(18)41/h3-4,6-11,42-43H,5,12-14H2,1-2H3,(H,44,47). The van der Waals surface area contributed by atoms with Gasteiger partial charge >= 0.3 is 11.9 Å². The Bertz CT molecular complexity index is 1920. The van der Waals surface area contributed by atoms with Crippen molar-refractivity contribution in [3.63, 3.8) is 0 Å². The van der Waals surface area contributed by atoms with Crippen molar-refractivity contribution in [2.24, 2.45) is 0 Å². The molecular weight excluding hydrogens is 785 g/mol. The molecule has 0 saturated heterocycles. The second kappa shape index (κ2) is 17.5. The lowest BCUT2D eigenvalue weighted by Gasteiger charge is -2.14. The first-order valence-electron chi connectivity index (χ1n) is 14.3. The van der Waals surface area contributed by atoms with Crippen LogP contribution in [0, 0.1) is 11.6 Å². The van der Waals surface area contributed by atoms with Crippen molar-refractivity contribution in [3.8, 4) is 11.5 Å². The third-order valence-electron chi connectivity index (χ3n) is 6.80. The van der Waals surface area contributed by atoms with Crippen molar-refractivity contribution in [1.29, 1.82) is 0 Å². The second-order valence-corrected chi connectivity index (χ2v) is 12.8. The van der Waals surface area contributed by atoms with Crippen LogP contribution >= 0.6 is 69.6 Å². The summed E-state index contributed by atoms with van der Waals surface area (Å²) in [5.74, 6) is -3.91. The number of nitrogens with one attached hydrogen (secondary N) is 3. The Morgan fingerprint density at radius 2 is 1.08 bits per heavy atom. The Hall–Kier alpha value is -3.71. The summed E-state index contributed by atoms with van der Waals surface area (Å²) in [4.78, 5) is 37.4. The molecule has 0 spiro atoms. The second-order valence-electron chi connectivity index (χ2n) is 10.3. The molecule has 0 unspecified atom stereocenters. The number of rotatable bonds is 13. The maximum Gasteiger partial charge on any atom is 0.333 e. The Balaban J connectivity index is 1.30. The van der Waals surface area contributed by atoms with Crippen LogP contribution in [0.2, 0.25) is 30.1 Å². The minimum absolute atomic E-state index is 0.0156. The lowest BCUT2D eigenvalue weighted by Crippen LogP contribution is -2.32. The number of hydrogen-bond donors (Lipinski definition) is 3. The van der Waals surface area contributed by atoms with Crippen LogP contribution in [0.4, 0.5) is 20.2 Å². The molecule has 1 amide bonds. The van der Waals surface area contributed by atoms with E-state index in [4.69, 9.17) is 83.8 Å². The van der Waals surface area contributed by atoms with E-state index in [0.717, 1.165) is 0 Å². The number of amides is 1. The van der Waals surface area contributed by atoms with Gasteiger partial charge in [-0.1, -0.05) is 69.6 Å². The van der Waals surface area contributed by atoms with Crippen molar-refractivity contribution >= 4 is 98.8 Å². The number of benzene rings is 4. The molecule has 0 radical (unpaired) electrons. The van der Waals surface area contributed by atoms with Gasteiger partial charge in [0.1, 0.15) is 19.8 Å². The van der Waals surface area contributed by atoms with E-state index in [9.17, 15) is 23.2 Å². The van der Waals surface area contributed by atoms with E-state index in [1.807, 2.05) is 0 Å². The smallest absolute Gasteiger partial charge is 0.333 e. The maximum atomic E-state index is 14.6. The molecule has 4 rings (SSSR count). The van der Waals surface area contributed by atoms with Gasteiger partial charge in [0.2, 0.25) is 0 Å². The van der Waals surface area contributed by atoms with Crippen molar-refractivity contribution < 1.29 is 37.4 Å². The van der Waals surface area contributed by atoms with Crippen LogP contribution in [-0.4, -0.2) is 38.5 Å². The van der Waals surface area contributed by atoms with Gasteiger partial charge in [-0.3, -0.25) is 9.59 Å². The van der Waals surface area contributed by atoms with Gasteiger partial charge in [0, 0.05) is 40.8 Å². The average Bonchev–Trinajstić information content (AvgIpc) is 3.05. The van der Waals surface area contributed by atoms with Gasteiger partial charge in [-0.05, 0) is 54.1 Å². The highest BCUT2D eigenvalue weighted by atomic mass is 35.5. The van der Waals surface area contributed by atoms with Crippen LogP contribution in [0.3, 0.4) is 0 Å². The molecule has 0 aliphatic heterocycles. The molecule has 50 heavy (non-hydrogen) atoms. The summed E-state index contributed by atoms with van der Waals surface area (Å²) in [6, 6.07) is 10.8. The number of halogens is 8. The normalized spacial score (nSPS) is 10.8. The number of hydrogen-bond acceptors (Lipinski definition) is 8. The van der Waals surface area contributed by atoms with Gasteiger partial charge in [-0.2, -0.15) is 0 Å². The zero-order valence-corrected chi connectivity index (χ0v) is 30.5. The van der Waals surface area contributed by atoms with Crippen LogP contribution in [0.15, 0.2) is 48.5 Å². The molecule has 4 aromatic rings. The van der Waals surface area contributed by atoms with Crippen LogP contribution in [0.25, 0.3) is 0 Å². The molecule has 0 saturated carbocycles. The van der Waals surface area contributed by atoms with Gasteiger partial charge in [0.05, 0.1) is 37.9 Å². The monoisotopic (exact) mass is 807 g/mol. The fourth-order valence-corrected chi connectivity index (χ4v) is 6.19. The Kier molecular flexibility index (Phi) is 13.7. The fraction of sp³-hybridized carbons (Fsp3) is 0.182. The van der Waals surface area contributed by atoms with Crippen LogP contribution in [0.1, 0.15) is 27.0 Å². The number of esters is 2. The molecular formula is C33H25Cl6F2N3O6. The van der Waals surface area contributed by atoms with Crippen molar-refractivity contribution in [2.45, 2.75) is 19.6 Å². The summed E-state index contributed by atoms with van der Waals surface area (Å²) >= 11 is 37.2. The Morgan fingerprint density at radius 1 is 0.640 bits per heavy atom. The molecule has 3 N–H and O–H groups in total. The molecule has 264 valence electrons. The minimum atomic E-state index is -1.06. The largest absolute Gasteiger partial charge is 0.486 e. The molecule has 0 atom stereocenters. The third-order valence-corrected chi connectivity index (χ3v) is 8.36. The summed E-state index contributed by atoms with van der Waals surface area (Å²) in [6.07, 6.45) is -0.407. The molecule has 17 heteroatoms. The van der Waals surface area contributed by atoms with Gasteiger partial charge in [0.15, 0.2) is 23.1 Å². The van der Waals surface area contributed by atoms with E-state index < -0.39 is 42.4 Å². The zero-order valence-electron chi connectivity index (χ0n) is 25.9. The summed E-state index contributed by atoms with van der Waals surface area (Å²) in [7, 11) is 3.08. The van der Waals surface area contributed by atoms with E-state index in [1.165, 1.54) is 55.6 Å². The molecule has 0 aliphatic rings. The summed E-state index contributed by atoms with van der Waals surface area (Å²) in [6.45, 7) is -1.20. The van der Waals surface area contributed by atoms with Crippen LogP contribution in [0.5, 0.6) is 11.5 Å².